The van der Waals surface area contributed by atoms with Crippen LogP contribution in [0.15, 0.2) is 40.2 Å². The molecule has 2 aromatic rings. The standard InChI is InChI=1S/C11H11N3S2/c12-10(13)9-3-1-8(2-4-9)7-16-11-14-5-6-15-11/h1-6H,7H2,(H3,12,13). The van der Waals surface area contributed by atoms with Crippen molar-refractivity contribution in [3.63, 3.8) is 0 Å². The highest BCUT2D eigenvalue weighted by Gasteiger charge is 2.00. The zero-order valence-corrected chi connectivity index (χ0v) is 10.1. The summed E-state index contributed by atoms with van der Waals surface area (Å²) in [6.07, 6.45) is 1.81. The van der Waals surface area contributed by atoms with Crippen molar-refractivity contribution in [3.05, 3.63) is 47.0 Å². The van der Waals surface area contributed by atoms with E-state index in [0.29, 0.717) is 0 Å². The van der Waals surface area contributed by atoms with Gasteiger partial charge in [-0.15, -0.1) is 11.3 Å². The third kappa shape index (κ3) is 2.84. The summed E-state index contributed by atoms with van der Waals surface area (Å²) in [6.45, 7) is 0. The summed E-state index contributed by atoms with van der Waals surface area (Å²) in [5.41, 5.74) is 7.36. The molecule has 3 nitrogen and oxygen atoms in total. The first-order chi connectivity index (χ1) is 7.75. The van der Waals surface area contributed by atoms with Crippen molar-refractivity contribution in [2.75, 3.05) is 0 Å². The SMILES string of the molecule is N=C(N)c1ccc(CSc2nccs2)cc1. The molecule has 82 valence electrons. The predicted octanol–water partition coefficient (Wildman–Crippen LogP) is 2.72. The molecule has 1 aromatic heterocycles. The number of benzene rings is 1. The molecule has 3 N–H and O–H groups in total. The second kappa shape index (κ2) is 5.14. The molecule has 0 bridgehead atoms. The van der Waals surface area contributed by atoms with E-state index in [1.165, 1.54) is 5.56 Å². The van der Waals surface area contributed by atoms with Crippen molar-refractivity contribution in [1.29, 1.82) is 5.41 Å². The van der Waals surface area contributed by atoms with Crippen molar-refractivity contribution in [2.24, 2.45) is 5.73 Å². The Labute approximate surface area is 102 Å². The zero-order chi connectivity index (χ0) is 11.4. The highest BCUT2D eigenvalue weighted by atomic mass is 32.2. The van der Waals surface area contributed by atoms with Crippen LogP contribution in [-0.4, -0.2) is 10.8 Å². The summed E-state index contributed by atoms with van der Waals surface area (Å²) in [6, 6.07) is 7.74. The topological polar surface area (TPSA) is 62.8 Å². The maximum Gasteiger partial charge on any atom is 0.150 e. The molecular formula is C11H11N3S2. The smallest absolute Gasteiger partial charge is 0.150 e. The van der Waals surface area contributed by atoms with Gasteiger partial charge in [-0.25, -0.2) is 4.98 Å². The molecule has 5 heteroatoms. The third-order valence-corrected chi connectivity index (χ3v) is 4.07. The third-order valence-electron chi connectivity index (χ3n) is 2.04. The van der Waals surface area contributed by atoms with Crippen molar-refractivity contribution >= 4 is 28.9 Å². The van der Waals surface area contributed by atoms with E-state index in [2.05, 4.69) is 4.98 Å². The Bertz CT molecular complexity index is 462. The highest BCUT2D eigenvalue weighted by Crippen LogP contribution is 2.24. The number of rotatable bonds is 4. The van der Waals surface area contributed by atoms with Crippen molar-refractivity contribution in [1.82, 2.24) is 4.98 Å². The van der Waals surface area contributed by atoms with E-state index in [1.54, 1.807) is 23.1 Å². The molecule has 0 atom stereocenters. The van der Waals surface area contributed by atoms with E-state index >= 15 is 0 Å². The summed E-state index contributed by atoms with van der Waals surface area (Å²) in [5.74, 6) is 1.00. The van der Waals surface area contributed by atoms with Crippen LogP contribution in [0.5, 0.6) is 0 Å². The van der Waals surface area contributed by atoms with Gasteiger partial charge in [-0.3, -0.25) is 5.41 Å². The number of nitrogens with zero attached hydrogens (tertiary/aromatic N) is 1. The minimum Gasteiger partial charge on any atom is -0.384 e. The van der Waals surface area contributed by atoms with Gasteiger partial charge in [0.1, 0.15) is 10.2 Å². The molecule has 0 aliphatic carbocycles. The quantitative estimate of drug-likeness (QED) is 0.497. The summed E-state index contributed by atoms with van der Waals surface area (Å²) in [7, 11) is 0. The van der Waals surface area contributed by atoms with Gasteiger partial charge in [0.15, 0.2) is 0 Å². The number of hydrogen-bond acceptors (Lipinski definition) is 4. The Morgan fingerprint density at radius 1 is 1.38 bits per heavy atom. The number of thiazole rings is 1. The van der Waals surface area contributed by atoms with Gasteiger partial charge in [0.2, 0.25) is 0 Å². The molecule has 0 radical (unpaired) electrons. The summed E-state index contributed by atoms with van der Waals surface area (Å²) in [4.78, 5) is 4.20. The summed E-state index contributed by atoms with van der Waals surface area (Å²) >= 11 is 3.36. The Kier molecular flexibility index (Phi) is 3.58. The largest absolute Gasteiger partial charge is 0.384 e. The van der Waals surface area contributed by atoms with E-state index in [4.69, 9.17) is 11.1 Å². The summed E-state index contributed by atoms with van der Waals surface area (Å²) < 4.78 is 1.08. The average Bonchev–Trinajstić information content (AvgIpc) is 2.80. The molecule has 0 saturated carbocycles. The van der Waals surface area contributed by atoms with Gasteiger partial charge in [0.25, 0.3) is 0 Å². The Balaban J connectivity index is 1.98. The van der Waals surface area contributed by atoms with Crippen LogP contribution in [0, 0.1) is 5.41 Å². The first-order valence-corrected chi connectivity index (χ1v) is 6.58. The number of aromatic nitrogens is 1. The number of nitrogens with one attached hydrogen (secondary N) is 1. The number of nitrogen functional groups attached to an aromatic ring is 1. The lowest BCUT2D eigenvalue weighted by molar-refractivity contribution is 1.24. The molecule has 0 aliphatic heterocycles. The molecule has 1 aromatic carbocycles. The molecule has 0 saturated heterocycles. The number of hydrogen-bond donors (Lipinski definition) is 2. The van der Waals surface area contributed by atoms with Crippen LogP contribution in [0.3, 0.4) is 0 Å². The Hall–Kier alpha value is -1.33. The van der Waals surface area contributed by atoms with Gasteiger partial charge in [-0.05, 0) is 5.56 Å². The van der Waals surface area contributed by atoms with Gasteiger partial charge in [0, 0.05) is 22.9 Å². The minimum atomic E-state index is 0.110. The molecule has 16 heavy (non-hydrogen) atoms. The van der Waals surface area contributed by atoms with Crippen molar-refractivity contribution in [3.8, 4) is 0 Å². The van der Waals surface area contributed by atoms with Crippen LogP contribution in [-0.2, 0) is 5.75 Å². The van der Waals surface area contributed by atoms with Crippen molar-refractivity contribution < 1.29 is 0 Å². The lowest BCUT2D eigenvalue weighted by Crippen LogP contribution is -2.10. The maximum atomic E-state index is 7.29. The fourth-order valence-corrected chi connectivity index (χ4v) is 2.80. The molecule has 1 heterocycles. The van der Waals surface area contributed by atoms with E-state index < -0.39 is 0 Å². The Morgan fingerprint density at radius 3 is 2.69 bits per heavy atom. The van der Waals surface area contributed by atoms with Crippen LogP contribution in [0.25, 0.3) is 0 Å². The lowest BCUT2D eigenvalue weighted by Gasteiger charge is -2.01. The maximum absolute atomic E-state index is 7.29. The summed E-state index contributed by atoms with van der Waals surface area (Å²) in [5, 5.41) is 9.26. The fraction of sp³-hybridized carbons (Fsp3) is 0.0909. The van der Waals surface area contributed by atoms with Crippen LogP contribution >= 0.6 is 23.1 Å². The van der Waals surface area contributed by atoms with Crippen LogP contribution < -0.4 is 5.73 Å². The van der Waals surface area contributed by atoms with Gasteiger partial charge in [-0.2, -0.15) is 0 Å². The molecular weight excluding hydrogens is 238 g/mol. The van der Waals surface area contributed by atoms with Gasteiger partial charge >= 0.3 is 0 Å². The highest BCUT2D eigenvalue weighted by molar-refractivity contribution is 8.00. The number of thioether (sulfide) groups is 1. The van der Waals surface area contributed by atoms with Crippen LogP contribution in [0.2, 0.25) is 0 Å². The number of nitrogens with two attached hydrogens (primary N) is 1. The van der Waals surface area contributed by atoms with E-state index in [-0.39, 0.29) is 5.84 Å². The van der Waals surface area contributed by atoms with E-state index in [9.17, 15) is 0 Å². The monoisotopic (exact) mass is 249 g/mol. The second-order valence-electron chi connectivity index (χ2n) is 3.20. The van der Waals surface area contributed by atoms with Crippen molar-refractivity contribution in [2.45, 2.75) is 10.1 Å². The fourth-order valence-electron chi connectivity index (χ4n) is 1.21. The molecule has 2 rings (SSSR count). The molecule has 0 aliphatic rings. The second-order valence-corrected chi connectivity index (χ2v) is 5.31. The Morgan fingerprint density at radius 2 is 2.12 bits per heavy atom. The first-order valence-electron chi connectivity index (χ1n) is 4.71. The molecule has 0 amide bonds. The normalized spacial score (nSPS) is 10.2. The van der Waals surface area contributed by atoms with Gasteiger partial charge in [0.05, 0.1) is 0 Å². The average molecular weight is 249 g/mol. The first kappa shape index (κ1) is 11.2. The van der Waals surface area contributed by atoms with E-state index in [1.807, 2.05) is 35.8 Å². The lowest BCUT2D eigenvalue weighted by atomic mass is 10.1. The zero-order valence-electron chi connectivity index (χ0n) is 8.51. The van der Waals surface area contributed by atoms with E-state index in [0.717, 1.165) is 15.7 Å². The van der Waals surface area contributed by atoms with Gasteiger partial charge < -0.3 is 5.73 Å². The van der Waals surface area contributed by atoms with Crippen LogP contribution in [0.1, 0.15) is 11.1 Å². The minimum absolute atomic E-state index is 0.110. The molecule has 0 unspecified atom stereocenters. The molecule has 0 fully saturated rings. The van der Waals surface area contributed by atoms with Crippen LogP contribution in [0.4, 0.5) is 0 Å². The molecule has 0 spiro atoms. The predicted molar refractivity (Wildman–Crippen MR) is 69.1 cm³/mol. The number of amidine groups is 1. The van der Waals surface area contributed by atoms with Gasteiger partial charge in [-0.1, -0.05) is 36.0 Å².